The lowest BCUT2D eigenvalue weighted by Crippen LogP contribution is -2.67. The average Bonchev–Trinajstić information content (AvgIpc) is 2.84. The first kappa shape index (κ1) is 30.0. The first-order chi connectivity index (χ1) is 17.4. The Labute approximate surface area is 227 Å². The van der Waals surface area contributed by atoms with E-state index in [0.717, 1.165) is 0 Å². The smallest absolute Gasteiger partial charge is 0.349 e. The molecular weight excluding hydrogens is 476 g/mol. The predicted molar refractivity (Wildman–Crippen MR) is 155 cm³/mol. The van der Waals surface area contributed by atoms with Crippen molar-refractivity contribution in [2.24, 2.45) is 17.8 Å². The minimum atomic E-state index is -2.70. The molecule has 0 N–H and O–H groups in total. The van der Waals surface area contributed by atoms with Crippen LogP contribution in [0.15, 0.2) is 60.7 Å². The second-order valence-corrected chi connectivity index (χ2v) is 17.8. The van der Waals surface area contributed by atoms with Gasteiger partial charge >= 0.3 is 8.56 Å². The fraction of sp³-hybridized carbons (Fsp3) is 0.625. The topological polar surface area (TPSA) is 36.9 Å². The van der Waals surface area contributed by atoms with E-state index in [1.165, 1.54) is 11.1 Å². The van der Waals surface area contributed by atoms with E-state index in [9.17, 15) is 0 Å². The molecule has 0 saturated carbocycles. The zero-order valence-corrected chi connectivity index (χ0v) is 25.6. The van der Waals surface area contributed by atoms with Crippen molar-refractivity contribution in [1.82, 2.24) is 0 Å². The lowest BCUT2D eigenvalue weighted by Gasteiger charge is -2.58. The first-order valence-electron chi connectivity index (χ1n) is 13.9. The summed E-state index contributed by atoms with van der Waals surface area (Å²) in [5, 5.41) is -0.172. The van der Waals surface area contributed by atoms with E-state index in [0.29, 0.717) is 26.4 Å². The van der Waals surface area contributed by atoms with E-state index in [1.807, 2.05) is 12.1 Å². The van der Waals surface area contributed by atoms with Crippen molar-refractivity contribution in [3.05, 3.63) is 71.8 Å². The third-order valence-electron chi connectivity index (χ3n) is 7.72. The molecule has 3 rings (SSSR count). The molecule has 0 aliphatic carbocycles. The van der Waals surface area contributed by atoms with Crippen LogP contribution in [0, 0.1) is 17.8 Å². The van der Waals surface area contributed by atoms with E-state index in [-0.39, 0.29) is 40.0 Å². The van der Waals surface area contributed by atoms with Crippen molar-refractivity contribution in [3.63, 3.8) is 0 Å². The molecule has 0 bridgehead atoms. The van der Waals surface area contributed by atoms with Gasteiger partial charge in [-0.15, -0.1) is 0 Å². The van der Waals surface area contributed by atoms with Crippen LogP contribution in [-0.2, 0) is 31.5 Å². The van der Waals surface area contributed by atoms with Crippen molar-refractivity contribution in [2.45, 2.75) is 97.8 Å². The molecule has 0 aromatic heterocycles. The lowest BCUT2D eigenvalue weighted by molar-refractivity contribution is -0.120. The first-order valence-corrected chi connectivity index (χ1v) is 15.8. The maximum atomic E-state index is 7.23. The van der Waals surface area contributed by atoms with Crippen molar-refractivity contribution >= 4 is 8.56 Å². The molecule has 0 unspecified atom stereocenters. The second kappa shape index (κ2) is 12.6. The summed E-state index contributed by atoms with van der Waals surface area (Å²) in [7, 11) is -2.70. The van der Waals surface area contributed by atoms with Gasteiger partial charge in [0.05, 0.1) is 38.6 Å². The summed E-state index contributed by atoms with van der Waals surface area (Å²) in [5.74, 6) is 0.731. The molecule has 37 heavy (non-hydrogen) atoms. The summed E-state index contributed by atoms with van der Waals surface area (Å²) in [6.45, 7) is 23.2. The Kier molecular flexibility index (Phi) is 10.2. The third kappa shape index (κ3) is 7.33. The minimum Gasteiger partial charge on any atom is -0.390 e. The Morgan fingerprint density at radius 3 is 1.35 bits per heavy atom. The molecule has 2 aromatic rings. The van der Waals surface area contributed by atoms with Crippen molar-refractivity contribution in [1.29, 1.82) is 0 Å². The number of hydrogen-bond donors (Lipinski definition) is 0. The number of ether oxygens (including phenoxy) is 2. The zero-order chi connectivity index (χ0) is 27.3. The Morgan fingerprint density at radius 1 is 0.676 bits per heavy atom. The fourth-order valence-electron chi connectivity index (χ4n) is 5.98. The normalized spacial score (nSPS) is 24.0. The highest BCUT2D eigenvalue weighted by molar-refractivity contribution is 6.73. The summed E-state index contributed by atoms with van der Waals surface area (Å²) < 4.78 is 26.9. The van der Waals surface area contributed by atoms with E-state index < -0.39 is 8.56 Å². The van der Waals surface area contributed by atoms with Crippen LogP contribution >= 0.6 is 0 Å². The van der Waals surface area contributed by atoms with Crippen molar-refractivity contribution in [2.75, 3.05) is 13.2 Å². The Balaban J connectivity index is 1.78. The van der Waals surface area contributed by atoms with Crippen LogP contribution in [0.5, 0.6) is 0 Å². The minimum absolute atomic E-state index is 0.0659. The van der Waals surface area contributed by atoms with E-state index in [1.54, 1.807) is 0 Å². The SMILES string of the molecule is CC1[C@H]([C@@H](C)COCc2ccccc2)O[Si](C(C)(C)C)(C(C)(C)C)O[C@H]1[C@@H](C)COCc1ccccc1. The maximum absolute atomic E-state index is 7.23. The predicted octanol–water partition coefficient (Wildman–Crippen LogP) is 8.15. The summed E-state index contributed by atoms with van der Waals surface area (Å²) in [5.41, 5.74) is 2.40. The van der Waals surface area contributed by atoms with Crippen molar-refractivity contribution in [3.8, 4) is 0 Å². The molecule has 0 spiro atoms. The summed E-state index contributed by atoms with van der Waals surface area (Å²) >= 11 is 0. The van der Waals surface area contributed by atoms with E-state index in [2.05, 4.69) is 111 Å². The summed E-state index contributed by atoms with van der Waals surface area (Å²) in [6.07, 6.45) is 0.132. The Morgan fingerprint density at radius 2 is 1.03 bits per heavy atom. The third-order valence-corrected chi connectivity index (χ3v) is 12.9. The van der Waals surface area contributed by atoms with Gasteiger partial charge in [0.2, 0.25) is 0 Å². The molecule has 1 heterocycles. The molecule has 206 valence electrons. The monoisotopic (exact) mass is 526 g/mol. The van der Waals surface area contributed by atoms with Crippen LogP contribution in [0.1, 0.15) is 73.4 Å². The van der Waals surface area contributed by atoms with Gasteiger partial charge in [-0.2, -0.15) is 0 Å². The van der Waals surface area contributed by atoms with Crippen LogP contribution in [0.4, 0.5) is 0 Å². The summed E-state index contributed by atoms with van der Waals surface area (Å²) in [4.78, 5) is 0. The van der Waals surface area contributed by atoms with Crippen molar-refractivity contribution < 1.29 is 18.3 Å². The van der Waals surface area contributed by atoms with Gasteiger partial charge in [0, 0.05) is 27.8 Å². The number of benzene rings is 2. The Bertz CT molecular complexity index is 857. The molecule has 0 radical (unpaired) electrons. The molecule has 2 aromatic carbocycles. The van der Waals surface area contributed by atoms with Gasteiger partial charge in [0.25, 0.3) is 0 Å². The quantitative estimate of drug-likeness (QED) is 0.293. The second-order valence-electron chi connectivity index (χ2n) is 13.1. The summed E-state index contributed by atoms with van der Waals surface area (Å²) in [6, 6.07) is 20.8. The molecule has 1 fully saturated rings. The molecule has 0 amide bonds. The standard InChI is InChI=1S/C32H50O4Si/c1-24(20-33-22-27-16-12-10-13-17-27)29-26(3)30(25(2)21-34-23-28-18-14-11-15-19-28)36-37(35-29,31(4,5)6)32(7,8)9/h10-19,24-26,29-30H,20-23H2,1-9H3/t24-,25-,29-,30-/m0/s1. The van der Waals surface area contributed by atoms with Crippen LogP contribution in [0.2, 0.25) is 10.1 Å². The molecule has 4 atom stereocenters. The highest BCUT2D eigenvalue weighted by atomic mass is 28.4. The van der Waals surface area contributed by atoms with Crippen LogP contribution in [-0.4, -0.2) is 34.0 Å². The van der Waals surface area contributed by atoms with E-state index >= 15 is 0 Å². The van der Waals surface area contributed by atoms with Gasteiger partial charge in [0.15, 0.2) is 0 Å². The number of hydrogen-bond acceptors (Lipinski definition) is 4. The van der Waals surface area contributed by atoms with Gasteiger partial charge < -0.3 is 18.3 Å². The fourth-order valence-corrected chi connectivity index (χ4v) is 11.4. The molecule has 1 saturated heterocycles. The van der Waals surface area contributed by atoms with Gasteiger partial charge in [-0.05, 0) is 11.1 Å². The van der Waals surface area contributed by atoms with Crippen LogP contribution < -0.4 is 0 Å². The largest absolute Gasteiger partial charge is 0.390 e. The zero-order valence-electron chi connectivity index (χ0n) is 24.6. The highest BCUT2D eigenvalue weighted by Crippen LogP contribution is 2.57. The van der Waals surface area contributed by atoms with Gasteiger partial charge in [-0.3, -0.25) is 0 Å². The molecule has 4 nitrogen and oxygen atoms in total. The van der Waals surface area contributed by atoms with Crippen LogP contribution in [0.3, 0.4) is 0 Å². The van der Waals surface area contributed by atoms with Gasteiger partial charge in [-0.25, -0.2) is 0 Å². The van der Waals surface area contributed by atoms with Crippen LogP contribution in [0.25, 0.3) is 0 Å². The molecule has 5 heteroatoms. The Hall–Kier alpha value is -1.50. The lowest BCUT2D eigenvalue weighted by atomic mass is 9.84. The number of rotatable bonds is 10. The highest BCUT2D eigenvalue weighted by Gasteiger charge is 2.64. The van der Waals surface area contributed by atoms with Gasteiger partial charge in [0.1, 0.15) is 0 Å². The molecular formula is C32H50O4Si. The van der Waals surface area contributed by atoms with Gasteiger partial charge in [-0.1, -0.05) is 123 Å². The maximum Gasteiger partial charge on any atom is 0.349 e. The average molecular weight is 527 g/mol. The molecule has 1 aliphatic heterocycles. The van der Waals surface area contributed by atoms with E-state index in [4.69, 9.17) is 18.3 Å². The molecule has 1 aliphatic rings.